The first-order valence-corrected chi connectivity index (χ1v) is 4.34. The van der Waals surface area contributed by atoms with E-state index in [4.69, 9.17) is 0 Å². The van der Waals surface area contributed by atoms with Gasteiger partial charge in [-0.1, -0.05) is 0 Å². The molecule has 0 unspecified atom stereocenters. The van der Waals surface area contributed by atoms with Crippen LogP contribution in [0.5, 0.6) is 0 Å². The van der Waals surface area contributed by atoms with Crippen molar-refractivity contribution in [2.24, 2.45) is 0 Å². The van der Waals surface area contributed by atoms with Crippen molar-refractivity contribution in [1.82, 2.24) is 9.97 Å². The predicted octanol–water partition coefficient (Wildman–Crippen LogP) is 1.61. The van der Waals surface area contributed by atoms with E-state index >= 15 is 0 Å². The number of carbonyl (C=O) groups is 1. The molecule has 0 saturated carbocycles. The average molecular weight is 191 g/mol. The highest BCUT2D eigenvalue weighted by Gasteiger charge is 1.95. The second-order valence-electron chi connectivity index (χ2n) is 3.06. The minimum absolute atomic E-state index is 0.0122. The van der Waals surface area contributed by atoms with Gasteiger partial charge in [0.1, 0.15) is 0 Å². The lowest BCUT2D eigenvalue weighted by Crippen LogP contribution is -1.99. The van der Waals surface area contributed by atoms with E-state index in [0.29, 0.717) is 5.95 Å². The standard InChI is InChI=1S/C10H13N3O/c1-7-6-8(2)13-10(12-7)11-5-4-9(3)14/h4-6H,1-3H3,(H,11,12,13)/b5-4-. The van der Waals surface area contributed by atoms with Gasteiger partial charge in [-0.3, -0.25) is 4.79 Å². The highest BCUT2D eigenvalue weighted by atomic mass is 16.1. The summed E-state index contributed by atoms with van der Waals surface area (Å²) in [5.41, 5.74) is 1.80. The Morgan fingerprint density at radius 1 is 1.36 bits per heavy atom. The maximum Gasteiger partial charge on any atom is 0.227 e. The first-order chi connectivity index (χ1) is 6.58. The zero-order valence-electron chi connectivity index (χ0n) is 8.53. The van der Waals surface area contributed by atoms with Gasteiger partial charge >= 0.3 is 0 Å². The van der Waals surface area contributed by atoms with Crippen LogP contribution < -0.4 is 5.32 Å². The maximum atomic E-state index is 10.6. The molecule has 0 radical (unpaired) electrons. The molecule has 0 atom stereocenters. The minimum atomic E-state index is -0.0122. The van der Waals surface area contributed by atoms with Crippen molar-refractivity contribution in [3.05, 3.63) is 29.7 Å². The smallest absolute Gasteiger partial charge is 0.227 e. The normalized spacial score (nSPS) is 10.5. The zero-order valence-corrected chi connectivity index (χ0v) is 8.53. The molecule has 0 aliphatic carbocycles. The third-order valence-corrected chi connectivity index (χ3v) is 1.51. The second kappa shape index (κ2) is 4.50. The number of nitrogens with zero attached hydrogens (tertiary/aromatic N) is 2. The summed E-state index contributed by atoms with van der Waals surface area (Å²) >= 11 is 0. The van der Waals surface area contributed by atoms with Crippen LogP contribution in [0, 0.1) is 13.8 Å². The van der Waals surface area contributed by atoms with Crippen LogP contribution in [0.3, 0.4) is 0 Å². The fourth-order valence-corrected chi connectivity index (χ4v) is 1.02. The van der Waals surface area contributed by atoms with E-state index in [1.807, 2.05) is 19.9 Å². The van der Waals surface area contributed by atoms with E-state index in [1.165, 1.54) is 19.2 Å². The van der Waals surface area contributed by atoms with Crippen LogP contribution in [0.15, 0.2) is 18.3 Å². The highest BCUT2D eigenvalue weighted by Crippen LogP contribution is 2.03. The lowest BCUT2D eigenvalue weighted by molar-refractivity contribution is -0.112. The number of hydrogen-bond donors (Lipinski definition) is 1. The van der Waals surface area contributed by atoms with E-state index in [2.05, 4.69) is 15.3 Å². The number of anilines is 1. The lowest BCUT2D eigenvalue weighted by atomic mass is 10.4. The summed E-state index contributed by atoms with van der Waals surface area (Å²) in [6.07, 6.45) is 2.97. The molecule has 4 nitrogen and oxygen atoms in total. The molecule has 0 aliphatic rings. The molecule has 0 aromatic carbocycles. The molecule has 74 valence electrons. The SMILES string of the molecule is CC(=O)/C=C\Nc1nc(C)cc(C)n1. The third-order valence-electron chi connectivity index (χ3n) is 1.51. The molecule has 0 spiro atoms. The number of hydrogen-bond acceptors (Lipinski definition) is 4. The first-order valence-electron chi connectivity index (χ1n) is 4.34. The van der Waals surface area contributed by atoms with E-state index in [-0.39, 0.29) is 5.78 Å². The largest absolute Gasteiger partial charge is 0.331 e. The van der Waals surface area contributed by atoms with Gasteiger partial charge in [0.2, 0.25) is 5.95 Å². The van der Waals surface area contributed by atoms with Crippen LogP contribution >= 0.6 is 0 Å². The molecule has 0 aliphatic heterocycles. The molecule has 1 heterocycles. The van der Waals surface area contributed by atoms with Crippen LogP contribution in [0.1, 0.15) is 18.3 Å². The van der Waals surface area contributed by atoms with Crippen LogP contribution in [0.4, 0.5) is 5.95 Å². The summed E-state index contributed by atoms with van der Waals surface area (Å²) < 4.78 is 0. The third kappa shape index (κ3) is 3.35. The van der Waals surface area contributed by atoms with Gasteiger partial charge in [-0.25, -0.2) is 9.97 Å². The van der Waals surface area contributed by atoms with E-state index in [0.717, 1.165) is 11.4 Å². The Bertz CT molecular complexity index is 351. The summed E-state index contributed by atoms with van der Waals surface area (Å²) in [4.78, 5) is 18.9. The number of nitrogens with one attached hydrogen (secondary N) is 1. The van der Waals surface area contributed by atoms with Crippen LogP contribution in [-0.2, 0) is 4.79 Å². The monoisotopic (exact) mass is 191 g/mol. The molecule has 0 saturated heterocycles. The van der Waals surface area contributed by atoms with Gasteiger partial charge in [-0.05, 0) is 32.9 Å². The molecule has 0 fully saturated rings. The Kier molecular flexibility index (Phi) is 3.34. The number of aromatic nitrogens is 2. The quantitative estimate of drug-likeness (QED) is 0.737. The number of carbonyl (C=O) groups excluding carboxylic acids is 1. The van der Waals surface area contributed by atoms with Gasteiger partial charge in [0.25, 0.3) is 0 Å². The Labute approximate surface area is 83.1 Å². The van der Waals surface area contributed by atoms with Gasteiger partial charge in [-0.15, -0.1) is 0 Å². The molecule has 14 heavy (non-hydrogen) atoms. The summed E-state index contributed by atoms with van der Waals surface area (Å²) in [7, 11) is 0. The summed E-state index contributed by atoms with van der Waals surface area (Å²) in [6, 6.07) is 1.89. The fraction of sp³-hybridized carbons (Fsp3) is 0.300. The van der Waals surface area contributed by atoms with Gasteiger partial charge in [0.05, 0.1) is 0 Å². The van der Waals surface area contributed by atoms with Crippen molar-refractivity contribution in [2.75, 3.05) is 5.32 Å². The van der Waals surface area contributed by atoms with Crippen LogP contribution in [-0.4, -0.2) is 15.8 Å². The van der Waals surface area contributed by atoms with Crippen molar-refractivity contribution in [3.8, 4) is 0 Å². The molecule has 4 heteroatoms. The predicted molar refractivity (Wildman–Crippen MR) is 54.9 cm³/mol. The van der Waals surface area contributed by atoms with Gasteiger partial charge in [0.15, 0.2) is 5.78 Å². The van der Waals surface area contributed by atoms with Crippen molar-refractivity contribution >= 4 is 11.7 Å². The molecule has 0 amide bonds. The van der Waals surface area contributed by atoms with Gasteiger partial charge in [0, 0.05) is 17.6 Å². The molecule has 1 N–H and O–H groups in total. The number of rotatable bonds is 3. The fourth-order valence-electron chi connectivity index (χ4n) is 1.02. The topological polar surface area (TPSA) is 54.9 Å². The Morgan fingerprint density at radius 3 is 2.43 bits per heavy atom. The number of aryl methyl sites for hydroxylation is 2. The number of allylic oxidation sites excluding steroid dienone is 1. The van der Waals surface area contributed by atoms with Crippen LogP contribution in [0.2, 0.25) is 0 Å². The average Bonchev–Trinajstić information content (AvgIpc) is 2.01. The lowest BCUT2D eigenvalue weighted by Gasteiger charge is -2.01. The highest BCUT2D eigenvalue weighted by molar-refractivity contribution is 5.87. The first kappa shape index (κ1) is 10.4. The van der Waals surface area contributed by atoms with E-state index in [1.54, 1.807) is 0 Å². The maximum absolute atomic E-state index is 10.6. The summed E-state index contributed by atoms with van der Waals surface area (Å²) in [6.45, 7) is 5.28. The van der Waals surface area contributed by atoms with Crippen LogP contribution in [0.25, 0.3) is 0 Å². The van der Waals surface area contributed by atoms with Crippen molar-refractivity contribution < 1.29 is 4.79 Å². The zero-order chi connectivity index (χ0) is 10.6. The summed E-state index contributed by atoms with van der Waals surface area (Å²) in [5.74, 6) is 0.502. The Balaban J connectivity index is 2.72. The van der Waals surface area contributed by atoms with E-state index in [9.17, 15) is 4.79 Å². The molecular weight excluding hydrogens is 178 g/mol. The van der Waals surface area contributed by atoms with E-state index < -0.39 is 0 Å². The van der Waals surface area contributed by atoms with Crippen molar-refractivity contribution in [2.45, 2.75) is 20.8 Å². The minimum Gasteiger partial charge on any atom is -0.331 e. The van der Waals surface area contributed by atoms with Gasteiger partial charge < -0.3 is 5.32 Å². The molecule has 1 aromatic heterocycles. The molecule has 0 bridgehead atoms. The van der Waals surface area contributed by atoms with Gasteiger partial charge in [-0.2, -0.15) is 0 Å². The molecule has 1 aromatic rings. The Hall–Kier alpha value is -1.71. The van der Waals surface area contributed by atoms with Crippen molar-refractivity contribution in [1.29, 1.82) is 0 Å². The molecular formula is C10H13N3O. The second-order valence-corrected chi connectivity index (χ2v) is 3.06. The van der Waals surface area contributed by atoms with Crippen molar-refractivity contribution in [3.63, 3.8) is 0 Å². The Morgan fingerprint density at radius 2 is 1.93 bits per heavy atom. The number of ketones is 1. The molecule has 1 rings (SSSR count). The summed E-state index contributed by atoms with van der Waals surface area (Å²) in [5, 5.41) is 2.83.